The van der Waals surface area contributed by atoms with Gasteiger partial charge in [-0.3, -0.25) is 0 Å². The van der Waals surface area contributed by atoms with Gasteiger partial charge in [0.05, 0.1) is 0 Å². The zero-order valence-corrected chi connectivity index (χ0v) is 12.5. The van der Waals surface area contributed by atoms with E-state index in [2.05, 4.69) is 39.3 Å². The monoisotopic (exact) mass is 240 g/mol. The van der Waals surface area contributed by atoms with Gasteiger partial charge >= 0.3 is 0 Å². The summed E-state index contributed by atoms with van der Waals surface area (Å²) < 4.78 is 0. The van der Waals surface area contributed by atoms with Gasteiger partial charge in [-0.15, -0.1) is 6.58 Å². The summed E-state index contributed by atoms with van der Waals surface area (Å²) in [5, 5.41) is 0. The molecular formula is C15H32N2. The third kappa shape index (κ3) is 8.39. The van der Waals surface area contributed by atoms with Crippen molar-refractivity contribution in [2.45, 2.75) is 53.0 Å². The first kappa shape index (κ1) is 16.7. The molecule has 0 spiro atoms. The fraction of sp³-hybridized carbons (Fsp3) is 0.867. The lowest BCUT2D eigenvalue weighted by atomic mass is 9.81. The van der Waals surface area contributed by atoms with Crippen LogP contribution < -0.4 is 5.73 Å². The molecule has 1 aliphatic heterocycles. The molecule has 2 atom stereocenters. The van der Waals surface area contributed by atoms with Crippen LogP contribution in [-0.2, 0) is 0 Å². The van der Waals surface area contributed by atoms with Crippen molar-refractivity contribution >= 4 is 0 Å². The highest BCUT2D eigenvalue weighted by Crippen LogP contribution is 2.27. The Morgan fingerprint density at radius 2 is 2.00 bits per heavy atom. The van der Waals surface area contributed by atoms with Gasteiger partial charge in [0.1, 0.15) is 0 Å². The van der Waals surface area contributed by atoms with Gasteiger partial charge in [-0.2, -0.15) is 0 Å². The molecule has 102 valence electrons. The van der Waals surface area contributed by atoms with E-state index < -0.39 is 0 Å². The number of rotatable bonds is 2. The molecule has 1 aliphatic rings. The Hall–Kier alpha value is -0.340. The van der Waals surface area contributed by atoms with Gasteiger partial charge in [-0.1, -0.05) is 26.8 Å². The molecule has 0 radical (unpaired) electrons. The summed E-state index contributed by atoms with van der Waals surface area (Å²) >= 11 is 0. The largest absolute Gasteiger partial charge is 0.327 e. The lowest BCUT2D eigenvalue weighted by molar-refractivity contribution is 0.166. The van der Waals surface area contributed by atoms with E-state index in [1.807, 2.05) is 6.92 Å². The second-order valence-electron chi connectivity index (χ2n) is 6.50. The van der Waals surface area contributed by atoms with Gasteiger partial charge in [0.25, 0.3) is 0 Å². The Kier molecular flexibility index (Phi) is 7.73. The summed E-state index contributed by atoms with van der Waals surface area (Å²) in [5.41, 5.74) is 6.64. The highest BCUT2D eigenvalue weighted by molar-refractivity contribution is 4.82. The minimum absolute atomic E-state index is 0.370. The van der Waals surface area contributed by atoms with Crippen molar-refractivity contribution in [3.63, 3.8) is 0 Å². The SMILES string of the molecule is C=CC.CN1CCCC(C(N)CC(C)(C)C)C1. The fourth-order valence-electron chi connectivity index (χ4n) is 2.43. The summed E-state index contributed by atoms with van der Waals surface area (Å²) in [6.45, 7) is 14.5. The van der Waals surface area contributed by atoms with Crippen molar-refractivity contribution in [2.24, 2.45) is 17.1 Å². The van der Waals surface area contributed by atoms with Crippen LogP contribution in [0.25, 0.3) is 0 Å². The molecule has 1 heterocycles. The third-order valence-electron chi connectivity index (χ3n) is 3.11. The van der Waals surface area contributed by atoms with Gasteiger partial charge in [0.15, 0.2) is 0 Å². The lowest BCUT2D eigenvalue weighted by Gasteiger charge is -2.35. The Bertz CT molecular complexity index is 205. The van der Waals surface area contributed by atoms with Gasteiger partial charge in [-0.05, 0) is 51.1 Å². The van der Waals surface area contributed by atoms with Crippen LogP contribution in [0.4, 0.5) is 0 Å². The molecule has 2 nitrogen and oxygen atoms in total. The fourth-order valence-corrected chi connectivity index (χ4v) is 2.43. The van der Waals surface area contributed by atoms with Gasteiger partial charge < -0.3 is 10.6 Å². The van der Waals surface area contributed by atoms with E-state index in [9.17, 15) is 0 Å². The Morgan fingerprint density at radius 1 is 1.47 bits per heavy atom. The quantitative estimate of drug-likeness (QED) is 0.751. The van der Waals surface area contributed by atoms with Crippen LogP contribution in [0.15, 0.2) is 12.7 Å². The molecule has 1 rings (SSSR count). The Morgan fingerprint density at radius 3 is 2.41 bits per heavy atom. The first-order chi connectivity index (χ1) is 7.80. The molecule has 0 bridgehead atoms. The molecule has 0 saturated carbocycles. The maximum Gasteiger partial charge on any atom is 0.00843 e. The normalized spacial score (nSPS) is 23.5. The number of hydrogen-bond donors (Lipinski definition) is 1. The van der Waals surface area contributed by atoms with Gasteiger partial charge in [0, 0.05) is 12.6 Å². The maximum absolute atomic E-state index is 6.27. The number of piperidine rings is 1. The molecule has 2 N–H and O–H groups in total. The van der Waals surface area contributed by atoms with Crippen molar-refractivity contribution < 1.29 is 0 Å². The molecular weight excluding hydrogens is 208 g/mol. The van der Waals surface area contributed by atoms with Crippen LogP contribution in [0, 0.1) is 11.3 Å². The zero-order chi connectivity index (χ0) is 13.5. The van der Waals surface area contributed by atoms with Crippen LogP contribution in [0.3, 0.4) is 0 Å². The maximum atomic E-state index is 6.27. The minimum Gasteiger partial charge on any atom is -0.327 e. The van der Waals surface area contributed by atoms with E-state index in [1.165, 1.54) is 25.9 Å². The van der Waals surface area contributed by atoms with Crippen molar-refractivity contribution in [1.82, 2.24) is 4.90 Å². The summed E-state index contributed by atoms with van der Waals surface area (Å²) in [6.07, 6.45) is 5.53. The predicted octanol–water partition coefficient (Wildman–Crippen LogP) is 3.28. The number of hydrogen-bond acceptors (Lipinski definition) is 2. The van der Waals surface area contributed by atoms with Crippen LogP contribution in [0.5, 0.6) is 0 Å². The van der Waals surface area contributed by atoms with Crippen molar-refractivity contribution in [1.29, 1.82) is 0 Å². The molecule has 2 unspecified atom stereocenters. The molecule has 0 aromatic rings. The predicted molar refractivity (Wildman–Crippen MR) is 78.1 cm³/mol. The van der Waals surface area contributed by atoms with Crippen molar-refractivity contribution in [3.05, 3.63) is 12.7 Å². The van der Waals surface area contributed by atoms with E-state index in [0.29, 0.717) is 17.4 Å². The number of likely N-dealkylation sites (tertiary alicyclic amines) is 1. The average molecular weight is 240 g/mol. The van der Waals surface area contributed by atoms with Crippen molar-refractivity contribution in [3.8, 4) is 0 Å². The van der Waals surface area contributed by atoms with E-state index in [0.717, 1.165) is 6.42 Å². The smallest absolute Gasteiger partial charge is 0.00843 e. The highest BCUT2D eigenvalue weighted by Gasteiger charge is 2.26. The van der Waals surface area contributed by atoms with Crippen LogP contribution in [0.2, 0.25) is 0 Å². The molecule has 1 fully saturated rings. The number of allylic oxidation sites excluding steroid dienone is 1. The van der Waals surface area contributed by atoms with E-state index in [4.69, 9.17) is 5.73 Å². The molecule has 17 heavy (non-hydrogen) atoms. The molecule has 0 aromatic carbocycles. The molecule has 0 aromatic heterocycles. The third-order valence-corrected chi connectivity index (χ3v) is 3.11. The second kappa shape index (κ2) is 7.88. The zero-order valence-electron chi connectivity index (χ0n) is 12.5. The standard InChI is InChI=1S/C12H26N2.C3H6/c1-12(2,3)8-11(13)10-6-5-7-14(4)9-10;1-3-2/h10-11H,5-9,13H2,1-4H3;3H,1H2,2H3. The number of nitrogens with zero attached hydrogens (tertiary/aromatic N) is 1. The Balaban J connectivity index is 0.000000770. The van der Waals surface area contributed by atoms with Gasteiger partial charge in [-0.25, -0.2) is 0 Å². The van der Waals surface area contributed by atoms with E-state index in [1.54, 1.807) is 6.08 Å². The first-order valence-electron chi connectivity index (χ1n) is 6.81. The topological polar surface area (TPSA) is 29.3 Å². The van der Waals surface area contributed by atoms with Crippen LogP contribution in [0.1, 0.15) is 47.0 Å². The Labute approximate surface area is 108 Å². The summed E-state index contributed by atoms with van der Waals surface area (Å²) in [6, 6.07) is 0.387. The van der Waals surface area contributed by atoms with Crippen LogP contribution >= 0.6 is 0 Å². The minimum atomic E-state index is 0.370. The number of nitrogens with two attached hydrogens (primary N) is 1. The lowest BCUT2D eigenvalue weighted by Crippen LogP contribution is -2.43. The van der Waals surface area contributed by atoms with Crippen LogP contribution in [-0.4, -0.2) is 31.1 Å². The summed E-state index contributed by atoms with van der Waals surface area (Å²) in [4.78, 5) is 2.41. The highest BCUT2D eigenvalue weighted by atomic mass is 15.1. The average Bonchev–Trinajstić information content (AvgIpc) is 2.16. The second-order valence-corrected chi connectivity index (χ2v) is 6.50. The molecule has 1 saturated heterocycles. The molecule has 0 amide bonds. The summed E-state index contributed by atoms with van der Waals surface area (Å²) in [5.74, 6) is 0.716. The van der Waals surface area contributed by atoms with E-state index in [-0.39, 0.29) is 0 Å². The summed E-state index contributed by atoms with van der Waals surface area (Å²) in [7, 11) is 2.20. The molecule has 0 aliphatic carbocycles. The van der Waals surface area contributed by atoms with Crippen molar-refractivity contribution in [2.75, 3.05) is 20.1 Å². The molecule has 2 heteroatoms. The first-order valence-corrected chi connectivity index (χ1v) is 6.81. The van der Waals surface area contributed by atoms with E-state index >= 15 is 0 Å². The van der Waals surface area contributed by atoms with Gasteiger partial charge in [0.2, 0.25) is 0 Å².